The first-order chi connectivity index (χ1) is 20.3. The molecule has 0 saturated heterocycles. The Balaban J connectivity index is 1.37. The van der Waals surface area contributed by atoms with Gasteiger partial charge >= 0.3 is 0 Å². The van der Waals surface area contributed by atoms with E-state index in [-0.39, 0.29) is 0 Å². The SMILES string of the molecule is c1ccc(-c2nc(-c3ccccc3)nc(-c3cccc(-c4c5ccccc5nc5c4oc4ccccc45)c3)n2)cc1. The molecule has 5 heteroatoms. The molecule has 8 aromatic rings. The summed E-state index contributed by atoms with van der Waals surface area (Å²) in [5.41, 5.74) is 8.15. The zero-order valence-electron chi connectivity index (χ0n) is 21.9. The zero-order valence-corrected chi connectivity index (χ0v) is 21.9. The van der Waals surface area contributed by atoms with Crippen LogP contribution in [0.3, 0.4) is 0 Å². The lowest BCUT2D eigenvalue weighted by molar-refractivity contribution is 0.670. The second-order valence-electron chi connectivity index (χ2n) is 9.90. The lowest BCUT2D eigenvalue weighted by Gasteiger charge is -2.11. The standard InChI is InChI=1S/C36H22N4O/c1-3-12-23(13-4-1)34-38-35(24-14-5-2-6-15-24)40-36(39-34)26-17-11-16-25(22-26)31-27-18-7-9-20-29(27)37-32-28-19-8-10-21-30(28)41-33(31)32/h1-22H. The fraction of sp³-hybridized carbons (Fsp3) is 0. The predicted octanol–water partition coefficient (Wildman–Crippen LogP) is 8.99. The van der Waals surface area contributed by atoms with E-state index in [4.69, 9.17) is 24.4 Å². The van der Waals surface area contributed by atoms with Crippen molar-refractivity contribution in [3.8, 4) is 45.3 Å². The quantitative estimate of drug-likeness (QED) is 0.229. The highest BCUT2D eigenvalue weighted by molar-refractivity contribution is 6.15. The minimum absolute atomic E-state index is 0.610. The van der Waals surface area contributed by atoms with Gasteiger partial charge in [0, 0.05) is 33.0 Å². The van der Waals surface area contributed by atoms with Crippen LogP contribution in [0.4, 0.5) is 0 Å². The number of benzene rings is 5. The molecule has 0 radical (unpaired) electrons. The molecule has 192 valence electrons. The van der Waals surface area contributed by atoms with E-state index in [0.717, 1.165) is 60.8 Å². The Hall–Kier alpha value is -5.68. The Bertz CT molecular complexity index is 2150. The van der Waals surface area contributed by atoms with Gasteiger partial charge in [0.1, 0.15) is 11.1 Å². The summed E-state index contributed by atoms with van der Waals surface area (Å²) >= 11 is 0. The van der Waals surface area contributed by atoms with E-state index in [9.17, 15) is 0 Å². The summed E-state index contributed by atoms with van der Waals surface area (Å²) in [5.74, 6) is 1.88. The van der Waals surface area contributed by atoms with Crippen LogP contribution in [0.2, 0.25) is 0 Å². The Morgan fingerprint density at radius 2 is 0.951 bits per heavy atom. The van der Waals surface area contributed by atoms with Crippen molar-refractivity contribution in [2.45, 2.75) is 0 Å². The second-order valence-corrected chi connectivity index (χ2v) is 9.90. The molecule has 5 nitrogen and oxygen atoms in total. The molecule has 5 aromatic carbocycles. The van der Waals surface area contributed by atoms with E-state index in [0.29, 0.717) is 17.5 Å². The van der Waals surface area contributed by atoms with E-state index in [1.807, 2.05) is 109 Å². The van der Waals surface area contributed by atoms with Crippen molar-refractivity contribution in [2.24, 2.45) is 0 Å². The van der Waals surface area contributed by atoms with Gasteiger partial charge in [0.25, 0.3) is 0 Å². The minimum atomic E-state index is 0.610. The maximum atomic E-state index is 6.44. The Morgan fingerprint density at radius 1 is 0.415 bits per heavy atom. The number of nitrogens with zero attached hydrogens (tertiary/aromatic N) is 4. The first-order valence-electron chi connectivity index (χ1n) is 13.5. The van der Waals surface area contributed by atoms with E-state index in [1.165, 1.54) is 0 Å². The molecule has 0 aliphatic carbocycles. The molecule has 0 bridgehead atoms. The van der Waals surface area contributed by atoms with Crippen molar-refractivity contribution in [3.63, 3.8) is 0 Å². The molecule has 8 rings (SSSR count). The van der Waals surface area contributed by atoms with Crippen LogP contribution in [0.25, 0.3) is 78.3 Å². The summed E-state index contributed by atoms with van der Waals surface area (Å²) in [6.45, 7) is 0. The van der Waals surface area contributed by atoms with E-state index >= 15 is 0 Å². The lowest BCUT2D eigenvalue weighted by Crippen LogP contribution is -2.00. The van der Waals surface area contributed by atoms with Gasteiger partial charge < -0.3 is 4.42 Å². The third kappa shape index (κ3) is 4.03. The van der Waals surface area contributed by atoms with Crippen molar-refractivity contribution in [1.29, 1.82) is 0 Å². The van der Waals surface area contributed by atoms with Gasteiger partial charge in [-0.1, -0.05) is 109 Å². The molecule has 3 heterocycles. The molecule has 0 atom stereocenters. The molecule has 0 fully saturated rings. The monoisotopic (exact) mass is 526 g/mol. The maximum Gasteiger partial charge on any atom is 0.164 e. The minimum Gasteiger partial charge on any atom is -0.454 e. The third-order valence-electron chi connectivity index (χ3n) is 7.31. The predicted molar refractivity (Wildman–Crippen MR) is 164 cm³/mol. The molecule has 41 heavy (non-hydrogen) atoms. The van der Waals surface area contributed by atoms with Gasteiger partial charge in [-0.3, -0.25) is 0 Å². The van der Waals surface area contributed by atoms with Gasteiger partial charge in [-0.05, 0) is 29.8 Å². The van der Waals surface area contributed by atoms with Crippen LogP contribution in [0.5, 0.6) is 0 Å². The molecule has 0 aliphatic rings. The van der Waals surface area contributed by atoms with Crippen LogP contribution < -0.4 is 0 Å². The first kappa shape index (κ1) is 23.2. The number of aromatic nitrogens is 4. The molecular weight excluding hydrogens is 504 g/mol. The van der Waals surface area contributed by atoms with Crippen molar-refractivity contribution >= 4 is 33.0 Å². The van der Waals surface area contributed by atoms with Gasteiger partial charge in [-0.15, -0.1) is 0 Å². The number of pyridine rings is 1. The van der Waals surface area contributed by atoms with Crippen molar-refractivity contribution < 1.29 is 4.42 Å². The van der Waals surface area contributed by atoms with Gasteiger partial charge in [-0.25, -0.2) is 19.9 Å². The highest BCUT2D eigenvalue weighted by Gasteiger charge is 2.19. The largest absolute Gasteiger partial charge is 0.454 e. The fourth-order valence-electron chi connectivity index (χ4n) is 5.38. The maximum absolute atomic E-state index is 6.44. The number of fused-ring (bicyclic) bond motifs is 4. The average molecular weight is 527 g/mol. The number of hydrogen-bond donors (Lipinski definition) is 0. The summed E-state index contributed by atoms with van der Waals surface area (Å²) in [6, 6.07) is 44.6. The third-order valence-corrected chi connectivity index (χ3v) is 7.31. The van der Waals surface area contributed by atoms with E-state index < -0.39 is 0 Å². The molecule has 3 aromatic heterocycles. The fourth-order valence-corrected chi connectivity index (χ4v) is 5.38. The van der Waals surface area contributed by atoms with Crippen molar-refractivity contribution in [1.82, 2.24) is 19.9 Å². The van der Waals surface area contributed by atoms with Crippen molar-refractivity contribution in [3.05, 3.63) is 133 Å². The molecule has 0 saturated carbocycles. The molecule has 0 spiro atoms. The van der Waals surface area contributed by atoms with Gasteiger partial charge in [0.2, 0.25) is 0 Å². The molecule has 0 unspecified atom stereocenters. The Labute approximate surface area is 235 Å². The summed E-state index contributed by atoms with van der Waals surface area (Å²) in [4.78, 5) is 19.7. The van der Waals surface area contributed by atoms with Gasteiger partial charge in [-0.2, -0.15) is 0 Å². The second kappa shape index (κ2) is 9.50. The highest BCUT2D eigenvalue weighted by Crippen LogP contribution is 2.40. The summed E-state index contributed by atoms with van der Waals surface area (Å²) in [7, 11) is 0. The summed E-state index contributed by atoms with van der Waals surface area (Å²) in [6.07, 6.45) is 0. The van der Waals surface area contributed by atoms with Crippen LogP contribution in [-0.4, -0.2) is 19.9 Å². The molecular formula is C36H22N4O. The number of rotatable bonds is 4. The zero-order chi connectivity index (χ0) is 27.2. The number of para-hydroxylation sites is 2. The highest BCUT2D eigenvalue weighted by atomic mass is 16.3. The smallest absolute Gasteiger partial charge is 0.164 e. The van der Waals surface area contributed by atoms with Crippen LogP contribution in [0, 0.1) is 0 Å². The van der Waals surface area contributed by atoms with E-state index in [2.05, 4.69) is 24.3 Å². The lowest BCUT2D eigenvalue weighted by atomic mass is 9.97. The van der Waals surface area contributed by atoms with Crippen molar-refractivity contribution in [2.75, 3.05) is 0 Å². The van der Waals surface area contributed by atoms with Gasteiger partial charge in [0.05, 0.1) is 5.52 Å². The number of furan rings is 1. The number of hydrogen-bond acceptors (Lipinski definition) is 5. The molecule has 0 N–H and O–H groups in total. The first-order valence-corrected chi connectivity index (χ1v) is 13.5. The normalized spacial score (nSPS) is 11.4. The molecule has 0 amide bonds. The topological polar surface area (TPSA) is 64.7 Å². The van der Waals surface area contributed by atoms with Crippen LogP contribution in [0.15, 0.2) is 138 Å². The van der Waals surface area contributed by atoms with Gasteiger partial charge in [0.15, 0.2) is 23.1 Å². The molecule has 0 aliphatic heterocycles. The Morgan fingerprint density at radius 3 is 1.66 bits per heavy atom. The van der Waals surface area contributed by atoms with Crippen LogP contribution in [-0.2, 0) is 0 Å². The van der Waals surface area contributed by atoms with E-state index in [1.54, 1.807) is 0 Å². The van der Waals surface area contributed by atoms with Crippen LogP contribution in [0.1, 0.15) is 0 Å². The Kier molecular flexibility index (Phi) is 5.38. The summed E-state index contributed by atoms with van der Waals surface area (Å²) < 4.78 is 6.44. The summed E-state index contributed by atoms with van der Waals surface area (Å²) in [5, 5.41) is 2.03. The average Bonchev–Trinajstić information content (AvgIpc) is 3.42. The van der Waals surface area contributed by atoms with Crippen LogP contribution >= 0.6 is 0 Å².